The molecule has 2 aromatic rings. The zero-order valence-electron chi connectivity index (χ0n) is 14.3. The zero-order chi connectivity index (χ0) is 19.6. The number of hydrogen-bond donors (Lipinski definition) is 2. The summed E-state index contributed by atoms with van der Waals surface area (Å²) in [4.78, 5) is 35.1. The molecule has 6 nitrogen and oxygen atoms in total. The lowest BCUT2D eigenvalue weighted by molar-refractivity contribution is -0.147. The van der Waals surface area contributed by atoms with E-state index in [-0.39, 0.29) is 31.0 Å². The topological polar surface area (TPSA) is 84.5 Å². The monoisotopic (exact) mass is 436 g/mol. The predicted octanol–water partition coefficient (Wildman–Crippen LogP) is 2.82. The Labute approximate surface area is 164 Å². The molecule has 0 spiro atoms. The van der Waals surface area contributed by atoms with Crippen molar-refractivity contribution < 1.29 is 23.5 Å². The summed E-state index contributed by atoms with van der Waals surface area (Å²) in [6.45, 7) is -0.431. The van der Waals surface area contributed by atoms with Gasteiger partial charge in [-0.2, -0.15) is 0 Å². The molecule has 0 aliphatic heterocycles. The lowest BCUT2D eigenvalue weighted by atomic mass is 10.1. The van der Waals surface area contributed by atoms with Gasteiger partial charge in [-0.15, -0.1) is 0 Å². The van der Waals surface area contributed by atoms with Crippen molar-refractivity contribution in [2.24, 2.45) is 0 Å². The van der Waals surface area contributed by atoms with Gasteiger partial charge in [0.25, 0.3) is 5.91 Å². The summed E-state index contributed by atoms with van der Waals surface area (Å²) >= 11 is 3.11. The molecule has 0 aliphatic rings. The minimum absolute atomic E-state index is 0.00701. The number of hydrogen-bond acceptors (Lipinski definition) is 4. The van der Waals surface area contributed by atoms with Crippen LogP contribution in [0.5, 0.6) is 0 Å². The van der Waals surface area contributed by atoms with Crippen LogP contribution < -0.4 is 10.6 Å². The highest BCUT2D eigenvalue weighted by Gasteiger charge is 2.11. The maximum Gasteiger partial charge on any atom is 0.308 e. The first kappa shape index (κ1) is 20.6. The average Bonchev–Trinajstić information content (AvgIpc) is 2.63. The minimum Gasteiger partial charge on any atom is -0.456 e. The summed E-state index contributed by atoms with van der Waals surface area (Å²) in [7, 11) is 0. The summed E-state index contributed by atoms with van der Waals surface area (Å²) in [6, 6.07) is 13.4. The molecule has 0 radical (unpaired) electrons. The van der Waals surface area contributed by atoms with Gasteiger partial charge in [0, 0.05) is 11.0 Å². The van der Waals surface area contributed by atoms with Crippen LogP contribution >= 0.6 is 15.9 Å². The number of amides is 2. The molecule has 0 aliphatic carbocycles. The van der Waals surface area contributed by atoms with Crippen LogP contribution in [-0.2, 0) is 25.5 Å². The lowest BCUT2D eigenvalue weighted by Gasteiger charge is -2.08. The lowest BCUT2D eigenvalue weighted by Crippen LogP contribution is -2.28. The quantitative estimate of drug-likeness (QED) is 0.623. The third kappa shape index (κ3) is 7.57. The molecular weight excluding hydrogens is 419 g/mol. The standard InChI is InChI=1S/C19H18BrFN2O4/c20-14-6-7-16(15(21)11-14)23-18(25)12-27-19(26)8-9-22-17(24)10-13-4-2-1-3-5-13/h1-7,11H,8-10,12H2,(H,22,24)(H,23,25). The summed E-state index contributed by atoms with van der Waals surface area (Å²) in [6.07, 6.45) is 0.150. The fourth-order valence-corrected chi connectivity index (χ4v) is 2.48. The minimum atomic E-state index is -0.655. The largest absolute Gasteiger partial charge is 0.456 e. The maximum absolute atomic E-state index is 13.6. The van der Waals surface area contributed by atoms with E-state index in [4.69, 9.17) is 4.74 Å². The molecule has 0 aromatic heterocycles. The molecule has 2 rings (SSSR count). The van der Waals surface area contributed by atoms with Crippen molar-refractivity contribution in [2.45, 2.75) is 12.8 Å². The zero-order valence-corrected chi connectivity index (χ0v) is 15.9. The summed E-state index contributed by atoms with van der Waals surface area (Å²) in [5.41, 5.74) is 0.863. The third-order valence-electron chi connectivity index (χ3n) is 3.43. The fraction of sp³-hybridized carbons (Fsp3) is 0.211. The first-order valence-corrected chi connectivity index (χ1v) is 8.94. The van der Waals surface area contributed by atoms with Crippen LogP contribution in [0.15, 0.2) is 53.0 Å². The van der Waals surface area contributed by atoms with E-state index >= 15 is 0 Å². The van der Waals surface area contributed by atoms with Crippen molar-refractivity contribution in [3.8, 4) is 0 Å². The number of anilines is 1. The smallest absolute Gasteiger partial charge is 0.308 e. The number of rotatable bonds is 8. The molecule has 0 atom stereocenters. The molecule has 2 amide bonds. The Bertz CT molecular complexity index is 815. The van der Waals surface area contributed by atoms with E-state index in [9.17, 15) is 18.8 Å². The summed E-state index contributed by atoms with van der Waals surface area (Å²) < 4.78 is 19.0. The Morgan fingerprint density at radius 3 is 2.48 bits per heavy atom. The molecular formula is C19H18BrFN2O4. The van der Waals surface area contributed by atoms with Gasteiger partial charge in [-0.25, -0.2) is 4.39 Å². The molecule has 0 bridgehead atoms. The van der Waals surface area contributed by atoms with Gasteiger partial charge in [-0.05, 0) is 23.8 Å². The van der Waals surface area contributed by atoms with Crippen LogP contribution in [-0.4, -0.2) is 30.9 Å². The second kappa shape index (κ2) is 10.4. The second-order valence-corrected chi connectivity index (χ2v) is 6.51. The number of halogens is 2. The normalized spacial score (nSPS) is 10.1. The fourth-order valence-electron chi connectivity index (χ4n) is 2.14. The average molecular weight is 437 g/mol. The Morgan fingerprint density at radius 1 is 1.04 bits per heavy atom. The molecule has 8 heteroatoms. The predicted molar refractivity (Wildman–Crippen MR) is 101 cm³/mol. The Hall–Kier alpha value is -2.74. The van der Waals surface area contributed by atoms with Crippen LogP contribution in [0.25, 0.3) is 0 Å². The molecule has 2 aromatic carbocycles. The maximum atomic E-state index is 13.6. The van der Waals surface area contributed by atoms with E-state index in [0.717, 1.165) is 5.56 Å². The SMILES string of the molecule is O=C(Cc1ccccc1)NCCC(=O)OCC(=O)Nc1ccc(Br)cc1F. The van der Waals surface area contributed by atoms with Gasteiger partial charge in [-0.3, -0.25) is 14.4 Å². The van der Waals surface area contributed by atoms with Gasteiger partial charge in [0.2, 0.25) is 5.91 Å². The van der Waals surface area contributed by atoms with E-state index in [1.165, 1.54) is 12.1 Å². The molecule has 0 heterocycles. The van der Waals surface area contributed by atoms with E-state index < -0.39 is 24.3 Å². The van der Waals surface area contributed by atoms with Gasteiger partial charge in [0.15, 0.2) is 6.61 Å². The summed E-state index contributed by atoms with van der Waals surface area (Å²) in [5.74, 6) is -2.11. The molecule has 0 unspecified atom stereocenters. The van der Waals surface area contributed by atoms with E-state index in [1.807, 2.05) is 30.3 Å². The number of benzene rings is 2. The highest BCUT2D eigenvalue weighted by Crippen LogP contribution is 2.19. The number of carbonyl (C=O) groups is 3. The Morgan fingerprint density at radius 2 is 1.78 bits per heavy atom. The van der Waals surface area contributed by atoms with Crippen LogP contribution in [0.2, 0.25) is 0 Å². The van der Waals surface area contributed by atoms with Crippen LogP contribution in [0.1, 0.15) is 12.0 Å². The molecule has 27 heavy (non-hydrogen) atoms. The molecule has 0 saturated heterocycles. The van der Waals surface area contributed by atoms with Gasteiger partial charge < -0.3 is 15.4 Å². The number of carbonyl (C=O) groups excluding carboxylic acids is 3. The van der Waals surface area contributed by atoms with Crippen LogP contribution in [0.3, 0.4) is 0 Å². The number of nitrogens with one attached hydrogen (secondary N) is 2. The van der Waals surface area contributed by atoms with Gasteiger partial charge in [0.05, 0.1) is 18.5 Å². The third-order valence-corrected chi connectivity index (χ3v) is 3.92. The van der Waals surface area contributed by atoms with Gasteiger partial charge in [0.1, 0.15) is 5.82 Å². The second-order valence-electron chi connectivity index (χ2n) is 5.60. The molecule has 0 fully saturated rings. The van der Waals surface area contributed by atoms with Crippen molar-refractivity contribution >= 4 is 39.4 Å². The molecule has 2 N–H and O–H groups in total. The molecule has 142 valence electrons. The van der Waals surface area contributed by atoms with E-state index in [1.54, 1.807) is 6.07 Å². The van der Waals surface area contributed by atoms with Crippen LogP contribution in [0.4, 0.5) is 10.1 Å². The van der Waals surface area contributed by atoms with Crippen molar-refractivity contribution in [3.63, 3.8) is 0 Å². The van der Waals surface area contributed by atoms with Gasteiger partial charge >= 0.3 is 5.97 Å². The number of ether oxygens (including phenoxy) is 1. The highest BCUT2D eigenvalue weighted by atomic mass is 79.9. The van der Waals surface area contributed by atoms with Crippen molar-refractivity contribution in [1.82, 2.24) is 5.32 Å². The van der Waals surface area contributed by atoms with Crippen molar-refractivity contribution in [1.29, 1.82) is 0 Å². The first-order valence-electron chi connectivity index (χ1n) is 8.15. The van der Waals surface area contributed by atoms with E-state index in [0.29, 0.717) is 4.47 Å². The molecule has 0 saturated carbocycles. The van der Waals surface area contributed by atoms with Crippen molar-refractivity contribution in [3.05, 3.63) is 64.4 Å². The van der Waals surface area contributed by atoms with E-state index in [2.05, 4.69) is 26.6 Å². The van der Waals surface area contributed by atoms with Gasteiger partial charge in [-0.1, -0.05) is 46.3 Å². The van der Waals surface area contributed by atoms with Crippen molar-refractivity contribution in [2.75, 3.05) is 18.5 Å². The highest BCUT2D eigenvalue weighted by molar-refractivity contribution is 9.10. The number of esters is 1. The Balaban J connectivity index is 1.64. The van der Waals surface area contributed by atoms with Crippen LogP contribution in [0, 0.1) is 5.82 Å². The Kier molecular flexibility index (Phi) is 7.94. The summed E-state index contributed by atoms with van der Waals surface area (Å²) in [5, 5.41) is 4.92. The first-order chi connectivity index (χ1) is 12.9.